The van der Waals surface area contributed by atoms with E-state index in [4.69, 9.17) is 0 Å². The first kappa shape index (κ1) is 13.0. The van der Waals surface area contributed by atoms with Gasteiger partial charge in [0.1, 0.15) is 12.0 Å². The molecule has 18 heavy (non-hydrogen) atoms. The molecule has 2 atom stereocenters. The fourth-order valence-electron chi connectivity index (χ4n) is 2.11. The van der Waals surface area contributed by atoms with Crippen LogP contribution in [0, 0.1) is 5.82 Å². The molecule has 5 heteroatoms. The monoisotopic (exact) mass is 254 g/mol. The van der Waals surface area contributed by atoms with Crippen molar-refractivity contribution in [2.24, 2.45) is 0 Å². The highest BCUT2D eigenvalue weighted by Crippen LogP contribution is 2.13. The number of nitrogens with zero attached hydrogens (tertiary/aromatic N) is 1. The summed E-state index contributed by atoms with van der Waals surface area (Å²) in [5.74, 6) is -0.276. The quantitative estimate of drug-likeness (QED) is 0.826. The molecule has 3 nitrogen and oxygen atoms in total. The van der Waals surface area contributed by atoms with Gasteiger partial charge in [-0.15, -0.1) is 0 Å². The van der Waals surface area contributed by atoms with Gasteiger partial charge in [-0.3, -0.25) is 4.79 Å². The molecule has 1 aromatic carbocycles. The Morgan fingerprint density at radius 2 is 2.11 bits per heavy atom. The first-order chi connectivity index (χ1) is 8.69. The Kier molecular flexibility index (Phi) is 4.25. The molecular weight excluding hydrogens is 238 g/mol. The lowest BCUT2D eigenvalue weighted by molar-refractivity contribution is -0.120. The SMILES string of the molecule is O=CN1CC[C@@H](NCc2ccc(F)cc2)[C@H](F)C1. The number of rotatable bonds is 4. The van der Waals surface area contributed by atoms with Gasteiger partial charge in [-0.25, -0.2) is 8.78 Å². The highest BCUT2D eigenvalue weighted by molar-refractivity contribution is 5.47. The Balaban J connectivity index is 1.83. The van der Waals surface area contributed by atoms with Crippen LogP contribution < -0.4 is 5.32 Å². The first-order valence-corrected chi connectivity index (χ1v) is 6.00. The molecule has 0 bridgehead atoms. The molecule has 0 aliphatic carbocycles. The van der Waals surface area contributed by atoms with Crippen molar-refractivity contribution in [3.8, 4) is 0 Å². The van der Waals surface area contributed by atoms with Crippen molar-refractivity contribution < 1.29 is 13.6 Å². The van der Waals surface area contributed by atoms with Crippen molar-refractivity contribution in [3.05, 3.63) is 35.6 Å². The highest BCUT2D eigenvalue weighted by Gasteiger charge is 2.27. The summed E-state index contributed by atoms with van der Waals surface area (Å²) in [6, 6.07) is 5.88. The molecule has 0 aromatic heterocycles. The number of likely N-dealkylation sites (tertiary alicyclic amines) is 1. The summed E-state index contributed by atoms with van der Waals surface area (Å²) in [5.41, 5.74) is 0.918. The molecule has 1 fully saturated rings. The predicted molar refractivity (Wildman–Crippen MR) is 64.2 cm³/mol. The molecule has 98 valence electrons. The minimum Gasteiger partial charge on any atom is -0.342 e. The molecule has 0 radical (unpaired) electrons. The molecule has 1 amide bonds. The van der Waals surface area contributed by atoms with Crippen LogP contribution in [0.1, 0.15) is 12.0 Å². The largest absolute Gasteiger partial charge is 0.342 e. The minimum atomic E-state index is -1.05. The number of amides is 1. The molecule has 1 aliphatic rings. The van der Waals surface area contributed by atoms with Crippen LogP contribution in [0.25, 0.3) is 0 Å². The van der Waals surface area contributed by atoms with Gasteiger partial charge in [0.05, 0.1) is 6.54 Å². The average molecular weight is 254 g/mol. The Morgan fingerprint density at radius 1 is 1.39 bits per heavy atom. The second-order valence-corrected chi connectivity index (χ2v) is 4.52. The van der Waals surface area contributed by atoms with Gasteiger partial charge in [0.15, 0.2) is 0 Å². The van der Waals surface area contributed by atoms with Crippen molar-refractivity contribution in [1.82, 2.24) is 10.2 Å². The van der Waals surface area contributed by atoms with E-state index < -0.39 is 6.17 Å². The summed E-state index contributed by atoms with van der Waals surface area (Å²) in [4.78, 5) is 12.0. The van der Waals surface area contributed by atoms with Crippen LogP contribution in [-0.2, 0) is 11.3 Å². The molecule has 1 aromatic rings. The third kappa shape index (κ3) is 3.26. The lowest BCUT2D eigenvalue weighted by atomic mass is 10.0. The number of carbonyl (C=O) groups excluding carboxylic acids is 1. The Bertz CT molecular complexity index is 396. The van der Waals surface area contributed by atoms with Gasteiger partial charge in [-0.2, -0.15) is 0 Å². The van der Waals surface area contributed by atoms with Crippen LogP contribution >= 0.6 is 0 Å². The van der Waals surface area contributed by atoms with Crippen molar-refractivity contribution in [3.63, 3.8) is 0 Å². The average Bonchev–Trinajstić information content (AvgIpc) is 2.39. The summed E-state index contributed by atoms with van der Waals surface area (Å²) >= 11 is 0. The summed E-state index contributed by atoms with van der Waals surface area (Å²) < 4.78 is 26.4. The molecule has 1 aliphatic heterocycles. The van der Waals surface area contributed by atoms with E-state index in [9.17, 15) is 13.6 Å². The number of piperidine rings is 1. The van der Waals surface area contributed by atoms with Gasteiger partial charge < -0.3 is 10.2 Å². The van der Waals surface area contributed by atoms with Crippen molar-refractivity contribution in [2.45, 2.75) is 25.2 Å². The van der Waals surface area contributed by atoms with E-state index in [-0.39, 0.29) is 18.4 Å². The van der Waals surface area contributed by atoms with E-state index in [1.54, 1.807) is 12.1 Å². The third-order valence-corrected chi connectivity index (χ3v) is 3.20. The van der Waals surface area contributed by atoms with Crippen molar-refractivity contribution >= 4 is 6.41 Å². The third-order valence-electron chi connectivity index (χ3n) is 3.20. The van der Waals surface area contributed by atoms with E-state index in [0.717, 1.165) is 5.56 Å². The number of nitrogens with one attached hydrogen (secondary N) is 1. The fourth-order valence-corrected chi connectivity index (χ4v) is 2.11. The summed E-state index contributed by atoms with van der Waals surface area (Å²) in [5, 5.41) is 3.11. The number of benzene rings is 1. The lowest BCUT2D eigenvalue weighted by Crippen LogP contribution is -2.50. The zero-order valence-electron chi connectivity index (χ0n) is 9.98. The van der Waals surface area contributed by atoms with E-state index in [1.807, 2.05) is 0 Å². The van der Waals surface area contributed by atoms with Crippen LogP contribution in [-0.4, -0.2) is 36.6 Å². The minimum absolute atomic E-state index is 0.143. The molecular formula is C13H16F2N2O. The maximum Gasteiger partial charge on any atom is 0.209 e. The maximum atomic E-state index is 13.7. The van der Waals surface area contributed by atoms with E-state index in [1.165, 1.54) is 17.0 Å². The molecule has 1 N–H and O–H groups in total. The Hall–Kier alpha value is -1.49. The standard InChI is InChI=1S/C13H16F2N2O/c14-11-3-1-10(2-4-11)7-16-13-5-6-17(9-18)8-12(13)15/h1-4,9,12-13,16H,5-8H2/t12-,13-/m1/s1. The summed E-state index contributed by atoms with van der Waals surface area (Å²) in [6.45, 7) is 1.22. The van der Waals surface area contributed by atoms with Crippen LogP contribution in [0.15, 0.2) is 24.3 Å². The second-order valence-electron chi connectivity index (χ2n) is 4.52. The van der Waals surface area contributed by atoms with Crippen LogP contribution in [0.2, 0.25) is 0 Å². The highest BCUT2D eigenvalue weighted by atomic mass is 19.1. The van der Waals surface area contributed by atoms with Gasteiger partial charge in [0.2, 0.25) is 6.41 Å². The number of carbonyl (C=O) groups is 1. The molecule has 2 rings (SSSR count). The Morgan fingerprint density at radius 3 is 2.72 bits per heavy atom. The molecule has 1 heterocycles. The zero-order valence-corrected chi connectivity index (χ0v) is 9.98. The number of alkyl halides is 1. The molecule has 0 unspecified atom stereocenters. The van der Waals surface area contributed by atoms with E-state index in [2.05, 4.69) is 5.32 Å². The molecule has 0 saturated carbocycles. The van der Waals surface area contributed by atoms with E-state index >= 15 is 0 Å². The van der Waals surface area contributed by atoms with Gasteiger partial charge in [-0.05, 0) is 24.1 Å². The zero-order chi connectivity index (χ0) is 13.0. The van der Waals surface area contributed by atoms with Crippen LogP contribution in [0.5, 0.6) is 0 Å². The molecule has 0 spiro atoms. The van der Waals surface area contributed by atoms with Gasteiger partial charge in [0, 0.05) is 19.1 Å². The van der Waals surface area contributed by atoms with Gasteiger partial charge >= 0.3 is 0 Å². The topological polar surface area (TPSA) is 32.3 Å². The number of hydrogen-bond donors (Lipinski definition) is 1. The van der Waals surface area contributed by atoms with Gasteiger partial charge in [0.25, 0.3) is 0 Å². The smallest absolute Gasteiger partial charge is 0.209 e. The predicted octanol–water partition coefficient (Wildman–Crippen LogP) is 1.48. The van der Waals surface area contributed by atoms with Crippen LogP contribution in [0.4, 0.5) is 8.78 Å². The fraction of sp³-hybridized carbons (Fsp3) is 0.462. The Labute approximate surface area is 105 Å². The number of halogens is 2. The first-order valence-electron chi connectivity index (χ1n) is 6.00. The van der Waals surface area contributed by atoms with Crippen molar-refractivity contribution in [1.29, 1.82) is 0 Å². The molecule has 1 saturated heterocycles. The maximum absolute atomic E-state index is 13.7. The number of hydrogen-bond acceptors (Lipinski definition) is 2. The summed E-state index contributed by atoms with van der Waals surface area (Å²) in [6.07, 6.45) is 0.230. The van der Waals surface area contributed by atoms with E-state index in [0.29, 0.717) is 25.9 Å². The normalized spacial score (nSPS) is 24.0. The van der Waals surface area contributed by atoms with Gasteiger partial charge in [-0.1, -0.05) is 12.1 Å². The second kappa shape index (κ2) is 5.91. The van der Waals surface area contributed by atoms with Crippen LogP contribution in [0.3, 0.4) is 0 Å². The van der Waals surface area contributed by atoms with Crippen molar-refractivity contribution in [2.75, 3.05) is 13.1 Å². The lowest BCUT2D eigenvalue weighted by Gasteiger charge is -2.33. The summed E-state index contributed by atoms with van der Waals surface area (Å²) in [7, 11) is 0.